The van der Waals surface area contributed by atoms with Crippen LogP contribution in [0.4, 0.5) is 5.82 Å². The van der Waals surface area contributed by atoms with Gasteiger partial charge in [-0.2, -0.15) is 0 Å². The molecular weight excluding hydrogens is 400 g/mol. The Morgan fingerprint density at radius 3 is 2.31 bits per heavy atom. The van der Waals surface area contributed by atoms with E-state index < -0.39 is 5.97 Å². The highest BCUT2D eigenvalue weighted by molar-refractivity contribution is 5.94. The molecule has 32 heavy (non-hydrogen) atoms. The molecular formula is C27H28N2O3. The summed E-state index contributed by atoms with van der Waals surface area (Å²) >= 11 is 0. The standard InChI is InChI=1S/C27H28N2O3/c1-3-26(30)29(25-17-16-22(18-28-25)27(31)32-2)24-11-7-10-23(24)21-14-12-20(13-15-21)19-8-5-4-6-9-19/h4-6,8-9,12-18,23-24H,3,7,10-11H2,1-2H3. The third-order valence-corrected chi connectivity index (χ3v) is 6.24. The van der Waals surface area contributed by atoms with E-state index in [-0.39, 0.29) is 17.9 Å². The molecule has 1 aromatic heterocycles. The minimum atomic E-state index is -0.435. The molecule has 1 saturated carbocycles. The Labute approximate surface area is 189 Å². The molecule has 2 atom stereocenters. The number of benzene rings is 2. The van der Waals surface area contributed by atoms with Crippen LogP contribution in [0.1, 0.15) is 54.4 Å². The summed E-state index contributed by atoms with van der Waals surface area (Å²) in [7, 11) is 1.34. The van der Waals surface area contributed by atoms with E-state index in [1.165, 1.54) is 30.0 Å². The van der Waals surface area contributed by atoms with Crippen molar-refractivity contribution >= 4 is 17.7 Å². The maximum Gasteiger partial charge on any atom is 0.339 e. The van der Waals surface area contributed by atoms with E-state index in [0.29, 0.717) is 17.8 Å². The van der Waals surface area contributed by atoms with Crippen molar-refractivity contribution in [2.24, 2.45) is 0 Å². The van der Waals surface area contributed by atoms with Gasteiger partial charge in [0.15, 0.2) is 0 Å². The summed E-state index contributed by atoms with van der Waals surface area (Å²) in [4.78, 5) is 31.0. The number of pyridine rings is 1. The Morgan fingerprint density at radius 1 is 0.969 bits per heavy atom. The lowest BCUT2D eigenvalue weighted by atomic mass is 9.91. The molecule has 2 aromatic carbocycles. The predicted molar refractivity (Wildman–Crippen MR) is 126 cm³/mol. The minimum Gasteiger partial charge on any atom is -0.465 e. The average molecular weight is 429 g/mol. The molecule has 0 saturated heterocycles. The first-order valence-corrected chi connectivity index (χ1v) is 11.1. The van der Waals surface area contributed by atoms with Gasteiger partial charge >= 0.3 is 5.97 Å². The van der Waals surface area contributed by atoms with Gasteiger partial charge in [0.25, 0.3) is 0 Å². The van der Waals surface area contributed by atoms with Crippen molar-refractivity contribution in [3.05, 3.63) is 84.1 Å². The topological polar surface area (TPSA) is 59.5 Å². The number of methoxy groups -OCH3 is 1. The first kappa shape index (κ1) is 21.8. The molecule has 5 heteroatoms. The first-order chi connectivity index (χ1) is 15.6. The zero-order valence-corrected chi connectivity index (χ0v) is 18.5. The number of carbonyl (C=O) groups is 2. The Morgan fingerprint density at radius 2 is 1.69 bits per heavy atom. The van der Waals surface area contributed by atoms with Gasteiger partial charge in [-0.25, -0.2) is 9.78 Å². The number of nitrogens with zero attached hydrogens (tertiary/aromatic N) is 2. The molecule has 3 aromatic rings. The molecule has 2 unspecified atom stereocenters. The molecule has 1 amide bonds. The van der Waals surface area contributed by atoms with Crippen molar-refractivity contribution in [2.75, 3.05) is 12.0 Å². The number of hydrogen-bond donors (Lipinski definition) is 0. The number of aromatic nitrogens is 1. The molecule has 4 rings (SSSR count). The van der Waals surface area contributed by atoms with Crippen molar-refractivity contribution in [1.82, 2.24) is 4.98 Å². The summed E-state index contributed by atoms with van der Waals surface area (Å²) < 4.78 is 4.76. The Hall–Kier alpha value is -3.47. The van der Waals surface area contributed by atoms with E-state index in [1.54, 1.807) is 12.1 Å². The molecule has 0 N–H and O–H groups in total. The summed E-state index contributed by atoms with van der Waals surface area (Å²) in [5, 5.41) is 0. The third-order valence-electron chi connectivity index (χ3n) is 6.24. The molecule has 5 nitrogen and oxygen atoms in total. The van der Waals surface area contributed by atoms with Gasteiger partial charge in [-0.1, -0.05) is 67.9 Å². The fourth-order valence-corrected chi connectivity index (χ4v) is 4.61. The van der Waals surface area contributed by atoms with Crippen LogP contribution in [0.25, 0.3) is 11.1 Å². The second-order valence-corrected chi connectivity index (χ2v) is 8.11. The maximum atomic E-state index is 13.0. The highest BCUT2D eigenvalue weighted by Crippen LogP contribution is 2.40. The van der Waals surface area contributed by atoms with E-state index in [2.05, 4.69) is 41.4 Å². The normalized spacial score (nSPS) is 17.7. The second-order valence-electron chi connectivity index (χ2n) is 8.11. The summed E-state index contributed by atoms with van der Waals surface area (Å²) in [6.45, 7) is 1.87. The summed E-state index contributed by atoms with van der Waals surface area (Å²) in [6.07, 6.45) is 4.90. The third kappa shape index (κ3) is 4.42. The van der Waals surface area contributed by atoms with Crippen LogP contribution in [0, 0.1) is 0 Å². The number of anilines is 1. The number of carbonyl (C=O) groups excluding carboxylic acids is 2. The number of ether oxygens (including phenoxy) is 1. The van der Waals surface area contributed by atoms with Crippen molar-refractivity contribution in [3.8, 4) is 11.1 Å². The molecule has 0 spiro atoms. The van der Waals surface area contributed by atoms with Crippen molar-refractivity contribution < 1.29 is 14.3 Å². The number of amides is 1. The zero-order valence-electron chi connectivity index (χ0n) is 18.5. The lowest BCUT2D eigenvalue weighted by Gasteiger charge is -2.32. The first-order valence-electron chi connectivity index (χ1n) is 11.1. The van der Waals surface area contributed by atoms with Crippen molar-refractivity contribution in [3.63, 3.8) is 0 Å². The maximum absolute atomic E-state index is 13.0. The van der Waals surface area contributed by atoms with Crippen LogP contribution < -0.4 is 4.90 Å². The van der Waals surface area contributed by atoms with Gasteiger partial charge in [-0.3, -0.25) is 9.69 Å². The van der Waals surface area contributed by atoms with Gasteiger partial charge in [0.2, 0.25) is 5.91 Å². The summed E-state index contributed by atoms with van der Waals surface area (Å²) in [5.74, 6) is 0.440. The van der Waals surface area contributed by atoms with Crippen molar-refractivity contribution in [2.45, 2.75) is 44.6 Å². The van der Waals surface area contributed by atoms with E-state index in [9.17, 15) is 9.59 Å². The summed E-state index contributed by atoms with van der Waals surface area (Å²) in [6, 6.07) is 22.5. The molecule has 1 fully saturated rings. The quantitative estimate of drug-likeness (QED) is 0.479. The monoisotopic (exact) mass is 428 g/mol. The molecule has 0 aliphatic heterocycles. The van der Waals surface area contributed by atoms with E-state index in [1.807, 2.05) is 30.0 Å². The Kier molecular flexibility index (Phi) is 6.64. The SMILES string of the molecule is CCC(=O)N(c1ccc(C(=O)OC)cn1)C1CCCC1c1ccc(-c2ccccc2)cc1. The predicted octanol–water partition coefficient (Wildman–Crippen LogP) is 5.61. The largest absolute Gasteiger partial charge is 0.465 e. The highest BCUT2D eigenvalue weighted by atomic mass is 16.5. The average Bonchev–Trinajstić information content (AvgIpc) is 3.34. The van der Waals surface area contributed by atoms with Gasteiger partial charge in [0.1, 0.15) is 5.82 Å². The fraction of sp³-hybridized carbons (Fsp3) is 0.296. The van der Waals surface area contributed by atoms with Gasteiger partial charge in [0.05, 0.1) is 12.7 Å². The van der Waals surface area contributed by atoms with Gasteiger partial charge in [0, 0.05) is 24.6 Å². The molecule has 0 bridgehead atoms. The lowest BCUT2D eigenvalue weighted by Crippen LogP contribution is -2.42. The molecule has 164 valence electrons. The Bertz CT molecular complexity index is 1060. The van der Waals surface area contributed by atoms with Crippen LogP contribution in [0.2, 0.25) is 0 Å². The van der Waals surface area contributed by atoms with Crippen LogP contribution in [0.15, 0.2) is 72.9 Å². The van der Waals surface area contributed by atoms with Crippen LogP contribution >= 0.6 is 0 Å². The van der Waals surface area contributed by atoms with E-state index in [4.69, 9.17) is 4.74 Å². The highest BCUT2D eigenvalue weighted by Gasteiger charge is 2.36. The fourth-order valence-electron chi connectivity index (χ4n) is 4.61. The van der Waals surface area contributed by atoms with Gasteiger partial charge in [-0.05, 0) is 41.7 Å². The van der Waals surface area contributed by atoms with Crippen LogP contribution in [-0.4, -0.2) is 30.0 Å². The molecule has 1 aliphatic carbocycles. The van der Waals surface area contributed by atoms with Crippen LogP contribution in [0.3, 0.4) is 0 Å². The number of hydrogen-bond acceptors (Lipinski definition) is 4. The number of rotatable bonds is 6. The van der Waals surface area contributed by atoms with Crippen LogP contribution in [-0.2, 0) is 9.53 Å². The molecule has 0 radical (unpaired) electrons. The smallest absolute Gasteiger partial charge is 0.339 e. The molecule has 1 aliphatic rings. The summed E-state index contributed by atoms with van der Waals surface area (Å²) in [5.41, 5.74) is 4.00. The van der Waals surface area contributed by atoms with Crippen molar-refractivity contribution in [1.29, 1.82) is 0 Å². The van der Waals surface area contributed by atoms with Crippen LogP contribution in [0.5, 0.6) is 0 Å². The Balaban J connectivity index is 1.61. The zero-order chi connectivity index (χ0) is 22.5. The lowest BCUT2D eigenvalue weighted by molar-refractivity contribution is -0.118. The minimum absolute atomic E-state index is 0.0427. The van der Waals surface area contributed by atoms with Gasteiger partial charge < -0.3 is 4.74 Å². The van der Waals surface area contributed by atoms with E-state index >= 15 is 0 Å². The van der Waals surface area contributed by atoms with E-state index in [0.717, 1.165) is 19.3 Å². The van der Waals surface area contributed by atoms with Gasteiger partial charge in [-0.15, -0.1) is 0 Å². The second kappa shape index (κ2) is 9.77. The number of esters is 1. The molecule has 1 heterocycles.